The van der Waals surface area contributed by atoms with E-state index in [4.69, 9.17) is 10.2 Å². The van der Waals surface area contributed by atoms with Gasteiger partial charge < -0.3 is 0 Å². The maximum atomic E-state index is 4.93. The minimum absolute atomic E-state index is 0.535. The van der Waals surface area contributed by atoms with Crippen LogP contribution in [0, 0.1) is 0 Å². The van der Waals surface area contributed by atoms with Crippen molar-refractivity contribution in [3.63, 3.8) is 0 Å². The average Bonchev–Trinajstić information content (AvgIpc) is 2.99. The SMILES string of the molecule is c1ccc(CC2=NN(c3ccc(-c4ccccc4)cc3)C[N+](c3ccc(-c4ccccc4)cc3)=N2)cc1. The lowest BCUT2D eigenvalue weighted by atomic mass is 10.1. The molecular formula is C33H27N4+. The van der Waals surface area contributed by atoms with E-state index in [0.717, 1.165) is 17.2 Å². The van der Waals surface area contributed by atoms with E-state index in [0.29, 0.717) is 13.1 Å². The summed E-state index contributed by atoms with van der Waals surface area (Å²) >= 11 is 0. The summed E-state index contributed by atoms with van der Waals surface area (Å²) in [6, 6.07) is 48.4. The van der Waals surface area contributed by atoms with E-state index in [9.17, 15) is 0 Å². The fourth-order valence-corrected chi connectivity index (χ4v) is 4.53. The quantitative estimate of drug-likeness (QED) is 0.226. The molecule has 0 fully saturated rings. The van der Waals surface area contributed by atoms with Crippen molar-refractivity contribution in [2.45, 2.75) is 6.42 Å². The van der Waals surface area contributed by atoms with E-state index >= 15 is 0 Å². The van der Waals surface area contributed by atoms with E-state index in [1.807, 2.05) is 27.9 Å². The largest absolute Gasteiger partial charge is 0.269 e. The summed E-state index contributed by atoms with van der Waals surface area (Å²) in [6.07, 6.45) is 0.665. The number of rotatable bonds is 6. The van der Waals surface area contributed by atoms with Gasteiger partial charge in [-0.1, -0.05) is 108 Å². The molecule has 0 radical (unpaired) electrons. The minimum atomic E-state index is 0.535. The lowest BCUT2D eigenvalue weighted by Crippen LogP contribution is -2.31. The predicted molar refractivity (Wildman–Crippen MR) is 151 cm³/mol. The van der Waals surface area contributed by atoms with Crippen LogP contribution in [-0.4, -0.2) is 17.2 Å². The molecule has 0 aliphatic carbocycles. The third-order valence-corrected chi connectivity index (χ3v) is 6.49. The van der Waals surface area contributed by atoms with Crippen LogP contribution in [0.2, 0.25) is 0 Å². The maximum Gasteiger partial charge on any atom is 0.269 e. The Bertz CT molecular complexity index is 1520. The van der Waals surface area contributed by atoms with Crippen LogP contribution in [0.3, 0.4) is 0 Å². The van der Waals surface area contributed by atoms with Crippen molar-refractivity contribution >= 4 is 17.2 Å². The number of hydrogen-bond acceptors (Lipinski definition) is 3. The normalized spacial score (nSPS) is 13.1. The van der Waals surface area contributed by atoms with Crippen molar-refractivity contribution in [1.82, 2.24) is 0 Å². The zero-order valence-electron chi connectivity index (χ0n) is 20.5. The van der Waals surface area contributed by atoms with Gasteiger partial charge in [0, 0.05) is 23.7 Å². The topological polar surface area (TPSA) is 31.0 Å². The molecule has 0 amide bonds. The predicted octanol–water partition coefficient (Wildman–Crippen LogP) is 8.15. The molecule has 0 bridgehead atoms. The summed E-state index contributed by atoms with van der Waals surface area (Å²) in [4.78, 5) is 0. The Morgan fingerprint density at radius 3 is 1.59 bits per heavy atom. The molecule has 1 aliphatic heterocycles. The first kappa shape index (κ1) is 22.6. The molecule has 0 aromatic heterocycles. The molecule has 5 aromatic rings. The average molecular weight is 480 g/mol. The third-order valence-electron chi connectivity index (χ3n) is 6.49. The first-order valence-electron chi connectivity index (χ1n) is 12.5. The van der Waals surface area contributed by atoms with E-state index in [1.165, 1.54) is 27.8 Å². The second-order valence-corrected chi connectivity index (χ2v) is 9.04. The molecule has 1 heterocycles. The van der Waals surface area contributed by atoms with Crippen molar-refractivity contribution in [3.05, 3.63) is 145 Å². The second kappa shape index (κ2) is 10.4. The summed E-state index contributed by atoms with van der Waals surface area (Å²) in [6.45, 7) is 0.535. The van der Waals surface area contributed by atoms with Gasteiger partial charge in [-0.05, 0) is 52.1 Å². The highest BCUT2D eigenvalue weighted by Gasteiger charge is 2.25. The van der Waals surface area contributed by atoms with Gasteiger partial charge in [0.05, 0.1) is 5.69 Å². The number of amidine groups is 1. The first-order valence-corrected chi connectivity index (χ1v) is 12.5. The van der Waals surface area contributed by atoms with Crippen LogP contribution in [0.4, 0.5) is 11.4 Å². The Balaban J connectivity index is 1.31. The summed E-state index contributed by atoms with van der Waals surface area (Å²) in [5.41, 5.74) is 8.04. The van der Waals surface area contributed by atoms with Crippen LogP contribution in [-0.2, 0) is 6.42 Å². The first-order chi connectivity index (χ1) is 18.3. The molecule has 178 valence electrons. The molecule has 0 spiro atoms. The van der Waals surface area contributed by atoms with Crippen molar-refractivity contribution in [3.8, 4) is 22.3 Å². The van der Waals surface area contributed by atoms with Crippen LogP contribution in [0.25, 0.3) is 22.3 Å². The third kappa shape index (κ3) is 5.24. The number of azo groups is 2. The lowest BCUT2D eigenvalue weighted by molar-refractivity contribution is -0.508. The number of hydrazone groups is 1. The standard InChI is InChI=1S/C33H27N4/c1-4-10-26(11-5-1)24-33-34-36(31-20-16-29(17-21-31)27-12-6-2-7-13-27)25-37(35-33)32-22-18-30(19-23-32)28-14-8-3-9-15-28/h1-23H,24-25H2/q+1. The Kier molecular flexibility index (Phi) is 6.37. The van der Waals surface area contributed by atoms with Gasteiger partial charge >= 0.3 is 0 Å². The van der Waals surface area contributed by atoms with Gasteiger partial charge in [-0.3, -0.25) is 0 Å². The van der Waals surface area contributed by atoms with Crippen molar-refractivity contribution in [1.29, 1.82) is 0 Å². The molecular weight excluding hydrogens is 452 g/mol. The number of anilines is 1. The zero-order valence-corrected chi connectivity index (χ0v) is 20.5. The van der Waals surface area contributed by atoms with Gasteiger partial charge in [-0.2, -0.15) is 0 Å². The van der Waals surface area contributed by atoms with Crippen LogP contribution in [0.5, 0.6) is 0 Å². The Hall–Kier alpha value is -4.83. The van der Waals surface area contributed by atoms with Gasteiger partial charge in [0.1, 0.15) is 0 Å². The highest BCUT2D eigenvalue weighted by atomic mass is 15.6. The van der Waals surface area contributed by atoms with Crippen LogP contribution in [0.1, 0.15) is 5.56 Å². The maximum absolute atomic E-state index is 4.93. The monoisotopic (exact) mass is 479 g/mol. The van der Waals surface area contributed by atoms with E-state index in [2.05, 4.69) is 121 Å². The van der Waals surface area contributed by atoms with Gasteiger partial charge in [-0.25, -0.2) is 5.01 Å². The molecule has 0 saturated heterocycles. The Morgan fingerprint density at radius 1 is 0.541 bits per heavy atom. The Morgan fingerprint density at radius 2 is 1.03 bits per heavy atom. The molecule has 0 atom stereocenters. The van der Waals surface area contributed by atoms with Crippen molar-refractivity contribution < 1.29 is 4.70 Å². The second-order valence-electron chi connectivity index (χ2n) is 9.04. The molecule has 0 saturated carbocycles. The zero-order chi connectivity index (χ0) is 24.9. The van der Waals surface area contributed by atoms with Crippen LogP contribution >= 0.6 is 0 Å². The highest BCUT2D eigenvalue weighted by molar-refractivity contribution is 5.85. The molecule has 37 heavy (non-hydrogen) atoms. The van der Waals surface area contributed by atoms with Crippen molar-refractivity contribution in [2.24, 2.45) is 10.2 Å². The summed E-state index contributed by atoms with van der Waals surface area (Å²) in [5.74, 6) is 0.775. The van der Waals surface area contributed by atoms with Gasteiger partial charge in [0.2, 0.25) is 11.5 Å². The molecule has 4 heteroatoms. The van der Waals surface area contributed by atoms with E-state index < -0.39 is 0 Å². The number of hydrogen-bond donors (Lipinski definition) is 0. The lowest BCUT2D eigenvalue weighted by Gasteiger charge is -2.20. The van der Waals surface area contributed by atoms with Gasteiger partial charge in [-0.15, -0.1) is 5.10 Å². The molecule has 0 N–H and O–H groups in total. The highest BCUT2D eigenvalue weighted by Crippen LogP contribution is 2.27. The van der Waals surface area contributed by atoms with Crippen molar-refractivity contribution in [2.75, 3.05) is 11.7 Å². The van der Waals surface area contributed by atoms with E-state index in [1.54, 1.807) is 0 Å². The minimum Gasteiger partial charge on any atom is -0.201 e. The van der Waals surface area contributed by atoms with Gasteiger partial charge in [0.15, 0.2) is 0 Å². The summed E-state index contributed by atoms with van der Waals surface area (Å²) in [7, 11) is 0. The number of nitrogens with zero attached hydrogens (tertiary/aromatic N) is 4. The summed E-state index contributed by atoms with van der Waals surface area (Å²) < 4.78 is 2.03. The molecule has 1 aliphatic rings. The van der Waals surface area contributed by atoms with Gasteiger partial charge in [0.25, 0.3) is 6.67 Å². The van der Waals surface area contributed by atoms with Crippen LogP contribution < -0.4 is 5.01 Å². The molecule has 5 aromatic carbocycles. The smallest absolute Gasteiger partial charge is 0.201 e. The van der Waals surface area contributed by atoms with E-state index in [-0.39, 0.29) is 0 Å². The molecule has 6 rings (SSSR count). The Labute approximate surface area is 217 Å². The number of benzene rings is 5. The summed E-state index contributed by atoms with van der Waals surface area (Å²) in [5, 5.41) is 11.9. The fraction of sp³-hybridized carbons (Fsp3) is 0.0606. The fourth-order valence-electron chi connectivity index (χ4n) is 4.53. The molecule has 4 nitrogen and oxygen atoms in total. The van der Waals surface area contributed by atoms with Crippen LogP contribution in [0.15, 0.2) is 150 Å². The molecule has 0 unspecified atom stereocenters.